The Balaban J connectivity index is -0.000000655. The second-order valence-electron chi connectivity index (χ2n) is 22.3. The maximum absolute atomic E-state index is 11.0. The maximum atomic E-state index is 11.0. The Bertz CT molecular complexity index is 1400. The van der Waals surface area contributed by atoms with Crippen molar-refractivity contribution in [3.63, 3.8) is 0 Å². The van der Waals surface area contributed by atoms with Crippen LogP contribution in [0.4, 0.5) is 0 Å². The minimum atomic E-state index is 0. The van der Waals surface area contributed by atoms with E-state index in [4.69, 9.17) is 9.47 Å². The zero-order chi connectivity index (χ0) is 58.7. The minimum absolute atomic E-state index is 0. The molecule has 5 heteroatoms. The van der Waals surface area contributed by atoms with Crippen LogP contribution >= 0.6 is 0 Å². The second-order valence-corrected chi connectivity index (χ2v) is 22.3. The van der Waals surface area contributed by atoms with E-state index in [1.54, 1.807) is 0 Å². The van der Waals surface area contributed by atoms with Gasteiger partial charge in [-0.3, -0.25) is 4.79 Å². The van der Waals surface area contributed by atoms with Crippen molar-refractivity contribution in [3.8, 4) is 0 Å². The van der Waals surface area contributed by atoms with Gasteiger partial charge in [-0.25, -0.2) is 0 Å². The predicted molar refractivity (Wildman–Crippen MR) is 369 cm³/mol. The van der Waals surface area contributed by atoms with Crippen molar-refractivity contribution in [1.29, 1.82) is 0 Å². The molecule has 0 aliphatic heterocycles. The summed E-state index contributed by atoms with van der Waals surface area (Å²) in [5.41, 5.74) is 0. The van der Waals surface area contributed by atoms with E-state index in [-0.39, 0.29) is 64.9 Å². The van der Waals surface area contributed by atoms with Crippen LogP contribution in [0.15, 0.2) is 110 Å². The van der Waals surface area contributed by atoms with Crippen LogP contribution in [-0.4, -0.2) is 32.8 Å². The Hall–Kier alpha value is -1.47. The van der Waals surface area contributed by atoms with Gasteiger partial charge in [0, 0.05) is 6.42 Å². The first-order chi connectivity index (χ1) is 39.6. The molecule has 1 unspecified atom stereocenters. The molecule has 0 amide bonds. The molecule has 0 aromatic rings. The van der Waals surface area contributed by atoms with Crippen LogP contribution in [-0.2, 0) is 14.3 Å². The van der Waals surface area contributed by atoms with Gasteiger partial charge in [0.2, 0.25) is 0 Å². The van der Waals surface area contributed by atoms with E-state index >= 15 is 0 Å². The number of carbonyl (C=O) groups excluding carboxylic acids is 1. The molecular weight excluding hydrogens is 1030 g/mol. The molecule has 0 heterocycles. The van der Waals surface area contributed by atoms with Crippen LogP contribution in [0.5, 0.6) is 0 Å². The average molecular weight is 1170 g/mol. The van der Waals surface area contributed by atoms with Gasteiger partial charge in [0.05, 0.1) is 12.4 Å². The monoisotopic (exact) mass is 1170 g/mol. The number of unbranched alkanes of at least 4 members (excludes halogenated alkanes) is 32. The molecule has 0 spiro atoms. The summed E-state index contributed by atoms with van der Waals surface area (Å²) < 4.78 is 11.3. The number of rotatable bonds is 61. The van der Waals surface area contributed by atoms with Crippen LogP contribution in [0.25, 0.3) is 0 Å². The number of hydrogen-bond donors (Lipinski definition) is 1. The molecule has 82 heavy (non-hydrogen) atoms. The van der Waals surface area contributed by atoms with E-state index in [1.165, 1.54) is 218 Å². The molecule has 474 valence electrons. The van der Waals surface area contributed by atoms with Crippen LogP contribution in [0.2, 0.25) is 0 Å². The summed E-state index contributed by atoms with van der Waals surface area (Å²) in [4.78, 5) is 11.0. The summed E-state index contributed by atoms with van der Waals surface area (Å²) in [6, 6.07) is 0. The zero-order valence-electron chi connectivity index (χ0n) is 56.1. The Kier molecular flexibility index (Phi) is 96.1. The van der Waals surface area contributed by atoms with E-state index in [1.807, 2.05) is 7.05 Å². The topological polar surface area (TPSA) is 47.6 Å². The fourth-order valence-corrected chi connectivity index (χ4v) is 9.09. The summed E-state index contributed by atoms with van der Waals surface area (Å²) in [5.74, 6) is 0.952. The molecule has 0 saturated carbocycles. The summed E-state index contributed by atoms with van der Waals surface area (Å²) in [6.07, 6.45) is 96.0. The third-order valence-electron chi connectivity index (χ3n) is 14.3. The number of hydrogen-bond acceptors (Lipinski definition) is 4. The molecule has 0 fully saturated rings. The summed E-state index contributed by atoms with van der Waals surface area (Å²) >= 11 is 0. The van der Waals surface area contributed by atoms with Crippen molar-refractivity contribution in [2.75, 3.05) is 20.2 Å². The van der Waals surface area contributed by atoms with Gasteiger partial charge in [-0.15, -0.1) is 0 Å². The molecular formula is C77H140KNO3-2. The van der Waals surface area contributed by atoms with Gasteiger partial charge < -0.3 is 36.1 Å². The first-order valence-corrected chi connectivity index (χ1v) is 34.4. The fourth-order valence-electron chi connectivity index (χ4n) is 9.09. The largest absolute Gasteiger partial charge is 1.00 e. The van der Waals surface area contributed by atoms with E-state index in [0.29, 0.717) is 6.47 Å². The average Bonchev–Trinajstić information content (AvgIpc) is 3.46. The van der Waals surface area contributed by atoms with E-state index in [0.717, 1.165) is 109 Å². The summed E-state index contributed by atoms with van der Waals surface area (Å²) in [7, 11) is 1.98. The van der Waals surface area contributed by atoms with Gasteiger partial charge in [-0.1, -0.05) is 253 Å². The summed E-state index contributed by atoms with van der Waals surface area (Å²) in [5, 5.41) is 3.07. The van der Waals surface area contributed by atoms with E-state index < -0.39 is 0 Å². The number of allylic oxidation sites excluding steroid dienone is 17. The van der Waals surface area contributed by atoms with Gasteiger partial charge in [-0.2, -0.15) is 12.8 Å². The molecule has 4 nitrogen and oxygen atoms in total. The molecule has 0 aromatic carbocycles. The second kappa shape index (κ2) is 88.3. The van der Waals surface area contributed by atoms with Gasteiger partial charge in [0.25, 0.3) is 6.47 Å². The normalized spacial score (nSPS) is 12.0. The fraction of sp³-hybridized carbons (Fsp3) is 0.714. The molecule has 1 N–H and O–H groups in total. The predicted octanol–water partition coefficient (Wildman–Crippen LogP) is 22.6. The number of carbonyl (C=O) groups is 1. The third-order valence-corrected chi connectivity index (χ3v) is 14.3. The SMILES string of the molecule is C=C(CCCC/C=C\C/C=C\CCCCCCC)OCCCC/C=C\C/C=C\CCCCCCCCC(CCCCCCCC/C=C\C/C=C\CCC[CH2-])OC=O.CCCCNC.[CH2-]CCC/C=C\C/C=C\CCCCCCCC.[CH3-].[K+]. The Morgan fingerprint density at radius 1 is 0.402 bits per heavy atom. The molecule has 0 aromatic heterocycles. The van der Waals surface area contributed by atoms with Gasteiger partial charge in [0.15, 0.2) is 0 Å². The maximum Gasteiger partial charge on any atom is 1.00 e. The van der Waals surface area contributed by atoms with Crippen molar-refractivity contribution < 1.29 is 65.7 Å². The quantitative estimate of drug-likeness (QED) is 0.0165. The number of nitrogens with one attached hydrogen (secondary N) is 1. The van der Waals surface area contributed by atoms with Gasteiger partial charge in [0.1, 0.15) is 6.10 Å². The van der Waals surface area contributed by atoms with Crippen molar-refractivity contribution in [2.45, 2.75) is 335 Å². The van der Waals surface area contributed by atoms with Crippen molar-refractivity contribution in [2.24, 2.45) is 0 Å². The van der Waals surface area contributed by atoms with Crippen LogP contribution in [0.1, 0.15) is 329 Å². The van der Waals surface area contributed by atoms with Crippen molar-refractivity contribution in [1.82, 2.24) is 5.32 Å². The third kappa shape index (κ3) is 89.7. The molecule has 0 radical (unpaired) electrons. The minimum Gasteiger partial charge on any atom is -0.499 e. The molecule has 0 aliphatic rings. The first kappa shape index (κ1) is 89.3. The van der Waals surface area contributed by atoms with Crippen molar-refractivity contribution in [3.05, 3.63) is 131 Å². The van der Waals surface area contributed by atoms with Gasteiger partial charge in [-0.05, 0) is 174 Å². The molecule has 0 aliphatic carbocycles. The smallest absolute Gasteiger partial charge is 0.499 e. The van der Waals surface area contributed by atoms with Crippen molar-refractivity contribution >= 4 is 6.47 Å². The van der Waals surface area contributed by atoms with E-state index in [9.17, 15) is 4.79 Å². The Morgan fingerprint density at radius 2 is 0.695 bits per heavy atom. The Morgan fingerprint density at radius 3 is 1.00 bits per heavy atom. The standard InChI is InChI=1S/C54H93O3.C17H31.C5H13N.CH3.K/c1-4-6-8-10-12-14-16-18-21-25-29-33-37-41-45-49-54(57-52-55)50-46-42-38-34-30-26-22-20-23-27-31-35-39-43-47-51-56-53(3)48-44-40-36-32-28-24-19-17-15-13-11-9-7-5-2;1-3-5-7-9-11-13-15-17-16-14-12-10-8-6-4-2;1-3-4-5-6-2;;/h10,12,16-20,23,28,31-32,35,52,54H,1,3-9,11,13-15,21-22,24-27,29-30,33-34,36-51H2,2H3;9,11,15,17H,1,3-8,10,12-14,16H2,2H3;6H,3-5H2,1-2H3;1H3;/q2*-1;;-1;+1/b12-10-,18-16-,19-17-,23-20-,32-28-,35-31-;11-9-,17-15-;;;. The Labute approximate surface area is 558 Å². The molecule has 0 saturated heterocycles. The molecule has 0 rings (SSSR count). The molecule has 0 bridgehead atoms. The van der Waals surface area contributed by atoms with Crippen LogP contribution < -0.4 is 56.7 Å². The van der Waals surface area contributed by atoms with Gasteiger partial charge >= 0.3 is 51.4 Å². The molecule has 1 atom stereocenters. The van der Waals surface area contributed by atoms with E-state index in [2.05, 4.69) is 144 Å². The zero-order valence-corrected chi connectivity index (χ0v) is 59.2. The summed E-state index contributed by atoms with van der Waals surface area (Å²) in [6.45, 7) is 21.2. The van der Waals surface area contributed by atoms with Crippen LogP contribution in [0, 0.1) is 21.3 Å². The number of ether oxygens (including phenoxy) is 2. The van der Waals surface area contributed by atoms with Crippen LogP contribution in [0.3, 0.4) is 0 Å². The first-order valence-electron chi connectivity index (χ1n) is 34.4.